The van der Waals surface area contributed by atoms with Gasteiger partial charge in [0.2, 0.25) is 0 Å². The Balaban J connectivity index is 2.50. The van der Waals surface area contributed by atoms with Crippen LogP contribution >= 0.6 is 0 Å². The Morgan fingerprint density at radius 1 is 1.58 bits per heavy atom. The Kier molecular flexibility index (Phi) is 3.07. The SMILES string of the molecule is CC(C)=CCC1C(=O)CCC1C. The maximum absolute atomic E-state index is 11.4. The van der Waals surface area contributed by atoms with Gasteiger partial charge in [-0.3, -0.25) is 4.79 Å². The van der Waals surface area contributed by atoms with Crippen LogP contribution < -0.4 is 0 Å². The van der Waals surface area contributed by atoms with Crippen molar-refractivity contribution >= 4 is 5.78 Å². The highest BCUT2D eigenvalue weighted by Crippen LogP contribution is 2.31. The number of hydrogen-bond donors (Lipinski definition) is 0. The van der Waals surface area contributed by atoms with Gasteiger partial charge >= 0.3 is 0 Å². The minimum Gasteiger partial charge on any atom is -0.299 e. The second-order valence-electron chi connectivity index (χ2n) is 4.11. The summed E-state index contributed by atoms with van der Waals surface area (Å²) in [5.41, 5.74) is 1.32. The third kappa shape index (κ3) is 2.20. The van der Waals surface area contributed by atoms with Gasteiger partial charge in [0.05, 0.1) is 0 Å². The van der Waals surface area contributed by atoms with Gasteiger partial charge in [0.25, 0.3) is 0 Å². The lowest BCUT2D eigenvalue weighted by atomic mass is 9.93. The first kappa shape index (κ1) is 9.50. The molecule has 0 bridgehead atoms. The van der Waals surface area contributed by atoms with Crippen LogP contribution in [0.1, 0.15) is 40.0 Å². The van der Waals surface area contributed by atoms with Crippen molar-refractivity contribution in [2.75, 3.05) is 0 Å². The maximum atomic E-state index is 11.4. The average Bonchev–Trinajstić information content (AvgIpc) is 2.28. The summed E-state index contributed by atoms with van der Waals surface area (Å²) in [4.78, 5) is 11.4. The highest BCUT2D eigenvalue weighted by Gasteiger charge is 2.29. The molecule has 0 heterocycles. The predicted octanol–water partition coefficient (Wildman–Crippen LogP) is 2.96. The molecule has 0 saturated heterocycles. The molecule has 0 radical (unpaired) electrons. The van der Waals surface area contributed by atoms with Crippen molar-refractivity contribution in [3.05, 3.63) is 11.6 Å². The largest absolute Gasteiger partial charge is 0.299 e. The van der Waals surface area contributed by atoms with Crippen molar-refractivity contribution in [3.8, 4) is 0 Å². The fourth-order valence-corrected chi connectivity index (χ4v) is 1.80. The first-order chi connectivity index (χ1) is 5.61. The molecule has 2 atom stereocenters. The molecule has 0 spiro atoms. The minimum absolute atomic E-state index is 0.319. The summed E-state index contributed by atoms with van der Waals surface area (Å²) in [6.07, 6.45) is 5.05. The van der Waals surface area contributed by atoms with Crippen LogP contribution in [0, 0.1) is 11.8 Å². The van der Waals surface area contributed by atoms with Gasteiger partial charge in [0.15, 0.2) is 0 Å². The second-order valence-corrected chi connectivity index (χ2v) is 4.11. The van der Waals surface area contributed by atoms with Crippen LogP contribution in [0.4, 0.5) is 0 Å². The van der Waals surface area contributed by atoms with Crippen molar-refractivity contribution in [2.24, 2.45) is 11.8 Å². The van der Waals surface area contributed by atoms with Crippen molar-refractivity contribution < 1.29 is 4.79 Å². The Bertz CT molecular complexity index is 199. The first-order valence-electron chi connectivity index (χ1n) is 4.77. The second kappa shape index (κ2) is 3.88. The number of Topliss-reactive ketones (excluding diaryl/α,β-unsaturated/α-hetero) is 1. The molecule has 0 aromatic carbocycles. The molecule has 2 unspecified atom stereocenters. The predicted molar refractivity (Wildman–Crippen MR) is 50.9 cm³/mol. The fraction of sp³-hybridized carbons (Fsp3) is 0.727. The van der Waals surface area contributed by atoms with E-state index in [-0.39, 0.29) is 0 Å². The van der Waals surface area contributed by atoms with E-state index >= 15 is 0 Å². The van der Waals surface area contributed by atoms with Gasteiger partial charge in [-0.2, -0.15) is 0 Å². The van der Waals surface area contributed by atoms with Gasteiger partial charge in [0.1, 0.15) is 5.78 Å². The van der Waals surface area contributed by atoms with E-state index in [4.69, 9.17) is 0 Å². The molecule has 1 rings (SSSR count). The Labute approximate surface area is 74.9 Å². The van der Waals surface area contributed by atoms with E-state index in [0.29, 0.717) is 17.6 Å². The summed E-state index contributed by atoms with van der Waals surface area (Å²) in [7, 11) is 0. The van der Waals surface area contributed by atoms with E-state index in [1.165, 1.54) is 5.57 Å². The number of ketones is 1. The Hall–Kier alpha value is -0.590. The molecule has 1 heteroatoms. The average molecular weight is 166 g/mol. The third-order valence-corrected chi connectivity index (χ3v) is 2.73. The summed E-state index contributed by atoms with van der Waals surface area (Å²) in [5, 5.41) is 0. The standard InChI is InChI=1S/C11H18O/c1-8(2)4-6-10-9(3)5-7-11(10)12/h4,9-10H,5-7H2,1-3H3. The van der Waals surface area contributed by atoms with Crippen LogP contribution in [0.5, 0.6) is 0 Å². The third-order valence-electron chi connectivity index (χ3n) is 2.73. The van der Waals surface area contributed by atoms with Gasteiger partial charge in [-0.1, -0.05) is 18.6 Å². The zero-order chi connectivity index (χ0) is 9.14. The van der Waals surface area contributed by atoms with E-state index < -0.39 is 0 Å². The van der Waals surface area contributed by atoms with Gasteiger partial charge in [-0.15, -0.1) is 0 Å². The van der Waals surface area contributed by atoms with E-state index in [1.54, 1.807) is 0 Å². The Morgan fingerprint density at radius 2 is 2.25 bits per heavy atom. The van der Waals surface area contributed by atoms with Crippen LogP contribution in [-0.4, -0.2) is 5.78 Å². The number of carbonyl (C=O) groups is 1. The summed E-state index contributed by atoms with van der Waals surface area (Å²) >= 11 is 0. The number of allylic oxidation sites excluding steroid dienone is 2. The number of carbonyl (C=O) groups excluding carboxylic acids is 1. The number of rotatable bonds is 2. The molecule has 1 aliphatic carbocycles. The highest BCUT2D eigenvalue weighted by atomic mass is 16.1. The van der Waals surface area contributed by atoms with Crippen LogP contribution in [0.3, 0.4) is 0 Å². The first-order valence-corrected chi connectivity index (χ1v) is 4.77. The highest BCUT2D eigenvalue weighted by molar-refractivity contribution is 5.83. The van der Waals surface area contributed by atoms with Gasteiger partial charge in [-0.25, -0.2) is 0 Å². The zero-order valence-corrected chi connectivity index (χ0v) is 8.26. The summed E-state index contributed by atoms with van der Waals surface area (Å²) in [6.45, 7) is 6.36. The summed E-state index contributed by atoms with van der Waals surface area (Å²) in [5.74, 6) is 1.40. The van der Waals surface area contributed by atoms with Gasteiger partial charge in [-0.05, 0) is 32.6 Å². The molecule has 0 aromatic heterocycles. The molecule has 0 aromatic rings. The fourth-order valence-electron chi connectivity index (χ4n) is 1.80. The molecular formula is C11H18O. The van der Waals surface area contributed by atoms with E-state index in [2.05, 4.69) is 26.8 Å². The topological polar surface area (TPSA) is 17.1 Å². The normalized spacial score (nSPS) is 29.1. The van der Waals surface area contributed by atoms with Crippen LogP contribution in [-0.2, 0) is 4.79 Å². The Morgan fingerprint density at radius 3 is 2.67 bits per heavy atom. The van der Waals surface area contributed by atoms with Gasteiger partial charge in [0, 0.05) is 12.3 Å². The lowest BCUT2D eigenvalue weighted by Crippen LogP contribution is -2.11. The molecular weight excluding hydrogens is 148 g/mol. The molecule has 68 valence electrons. The van der Waals surface area contributed by atoms with E-state index in [1.807, 2.05) is 0 Å². The minimum atomic E-state index is 0.319. The lowest BCUT2D eigenvalue weighted by molar-refractivity contribution is -0.121. The molecule has 12 heavy (non-hydrogen) atoms. The lowest BCUT2D eigenvalue weighted by Gasteiger charge is -2.10. The molecule has 0 aliphatic heterocycles. The zero-order valence-electron chi connectivity index (χ0n) is 8.26. The molecule has 1 fully saturated rings. The van der Waals surface area contributed by atoms with Crippen LogP contribution in [0.25, 0.3) is 0 Å². The van der Waals surface area contributed by atoms with Gasteiger partial charge < -0.3 is 0 Å². The monoisotopic (exact) mass is 166 g/mol. The molecule has 0 amide bonds. The van der Waals surface area contributed by atoms with Crippen LogP contribution in [0.2, 0.25) is 0 Å². The van der Waals surface area contributed by atoms with E-state index in [9.17, 15) is 4.79 Å². The molecule has 0 N–H and O–H groups in total. The van der Waals surface area contributed by atoms with Crippen molar-refractivity contribution in [2.45, 2.75) is 40.0 Å². The summed E-state index contributed by atoms with van der Waals surface area (Å²) in [6, 6.07) is 0. The number of hydrogen-bond acceptors (Lipinski definition) is 1. The quantitative estimate of drug-likeness (QED) is 0.576. The molecule has 1 saturated carbocycles. The van der Waals surface area contributed by atoms with Crippen molar-refractivity contribution in [1.29, 1.82) is 0 Å². The molecule has 1 nitrogen and oxygen atoms in total. The van der Waals surface area contributed by atoms with Crippen molar-refractivity contribution in [1.82, 2.24) is 0 Å². The maximum Gasteiger partial charge on any atom is 0.136 e. The van der Waals surface area contributed by atoms with E-state index in [0.717, 1.165) is 19.3 Å². The van der Waals surface area contributed by atoms with Crippen molar-refractivity contribution in [3.63, 3.8) is 0 Å². The molecule has 1 aliphatic rings. The smallest absolute Gasteiger partial charge is 0.136 e. The summed E-state index contributed by atoms with van der Waals surface area (Å²) < 4.78 is 0. The van der Waals surface area contributed by atoms with Crippen LogP contribution in [0.15, 0.2) is 11.6 Å².